The molecule has 10 nitrogen and oxygen atoms in total. The summed E-state index contributed by atoms with van der Waals surface area (Å²) in [6, 6.07) is 1.20. The quantitative estimate of drug-likeness (QED) is 0.732. The Morgan fingerprint density at radius 1 is 1.38 bits per heavy atom. The number of carbonyl (C=O) groups is 2. The van der Waals surface area contributed by atoms with E-state index >= 15 is 0 Å². The summed E-state index contributed by atoms with van der Waals surface area (Å²) in [7, 11) is 0. The van der Waals surface area contributed by atoms with Crippen molar-refractivity contribution in [2.45, 2.75) is 26.3 Å². The number of aromatic nitrogens is 3. The number of amides is 2. The fourth-order valence-electron chi connectivity index (χ4n) is 3.83. The molecule has 1 saturated heterocycles. The minimum absolute atomic E-state index is 0.116. The molecule has 2 aromatic heterocycles. The number of halogens is 1. The Labute approximate surface area is 183 Å². The van der Waals surface area contributed by atoms with Crippen molar-refractivity contribution in [1.82, 2.24) is 19.9 Å². The molecule has 2 aromatic rings. The van der Waals surface area contributed by atoms with Gasteiger partial charge in [0.2, 0.25) is 5.88 Å². The molecule has 2 aliphatic rings. The fraction of sp³-hybridized carbons (Fsp3) is 0.381. The van der Waals surface area contributed by atoms with Crippen molar-refractivity contribution in [2.75, 3.05) is 24.7 Å². The maximum Gasteiger partial charge on any atom is 0.415 e. The molecule has 32 heavy (non-hydrogen) atoms. The second kappa shape index (κ2) is 9.16. The molecule has 0 radical (unpaired) electrons. The van der Waals surface area contributed by atoms with Gasteiger partial charge in [-0.1, -0.05) is 13.0 Å². The lowest BCUT2D eigenvalue weighted by atomic mass is 9.90. The van der Waals surface area contributed by atoms with Gasteiger partial charge in [0.05, 0.1) is 25.1 Å². The van der Waals surface area contributed by atoms with Crippen LogP contribution in [0.15, 0.2) is 47.3 Å². The van der Waals surface area contributed by atoms with E-state index in [1.165, 1.54) is 21.7 Å². The predicted octanol–water partition coefficient (Wildman–Crippen LogP) is 2.63. The van der Waals surface area contributed by atoms with Gasteiger partial charge in [0, 0.05) is 23.9 Å². The van der Waals surface area contributed by atoms with Gasteiger partial charge in [-0.25, -0.2) is 23.7 Å². The fourth-order valence-corrected chi connectivity index (χ4v) is 3.83. The summed E-state index contributed by atoms with van der Waals surface area (Å²) in [5.74, 6) is -0.0238. The number of carbonyl (C=O) groups excluding carboxylic acids is 2. The lowest BCUT2D eigenvalue weighted by molar-refractivity contribution is 0.0939. The molecule has 2 bridgehead atoms. The molecule has 0 spiro atoms. The van der Waals surface area contributed by atoms with Crippen molar-refractivity contribution in [3.8, 4) is 0 Å². The Bertz CT molecular complexity index is 1120. The molecule has 4 heterocycles. The zero-order chi connectivity index (χ0) is 22.7. The van der Waals surface area contributed by atoms with Gasteiger partial charge in [0.15, 0.2) is 5.65 Å². The Balaban J connectivity index is 1.86. The van der Waals surface area contributed by atoms with E-state index in [9.17, 15) is 14.0 Å². The maximum atomic E-state index is 12.9. The number of anilines is 1. The van der Waals surface area contributed by atoms with Crippen LogP contribution in [0.4, 0.5) is 15.0 Å². The lowest BCUT2D eigenvalue weighted by Gasteiger charge is -2.28. The summed E-state index contributed by atoms with van der Waals surface area (Å²) in [6.07, 6.45) is 6.12. The largest absolute Gasteiger partial charge is 0.476 e. The van der Waals surface area contributed by atoms with Crippen LogP contribution in [0.2, 0.25) is 0 Å². The highest BCUT2D eigenvalue weighted by atomic mass is 19.1. The topological polar surface area (TPSA) is 110 Å². The molecule has 1 fully saturated rings. The third-order valence-electron chi connectivity index (χ3n) is 5.45. The number of nitrogens with one attached hydrogen (secondary N) is 1. The van der Waals surface area contributed by atoms with Gasteiger partial charge in [0.1, 0.15) is 24.6 Å². The zero-order valence-electron chi connectivity index (χ0n) is 17.7. The van der Waals surface area contributed by atoms with Gasteiger partial charge < -0.3 is 14.8 Å². The monoisotopic (exact) mass is 442 g/mol. The van der Waals surface area contributed by atoms with Crippen LogP contribution in [0.1, 0.15) is 30.6 Å². The number of aliphatic imine (C=N–C) groups is 1. The maximum absolute atomic E-state index is 12.9. The first kappa shape index (κ1) is 21.5. The van der Waals surface area contributed by atoms with E-state index in [-0.39, 0.29) is 43.6 Å². The van der Waals surface area contributed by atoms with Crippen molar-refractivity contribution in [3.63, 3.8) is 0 Å². The van der Waals surface area contributed by atoms with Crippen molar-refractivity contribution >= 4 is 29.7 Å². The predicted molar refractivity (Wildman–Crippen MR) is 114 cm³/mol. The summed E-state index contributed by atoms with van der Waals surface area (Å²) < 4.78 is 25.6. The van der Waals surface area contributed by atoms with E-state index in [4.69, 9.17) is 9.47 Å². The Hall–Kier alpha value is -3.76. The summed E-state index contributed by atoms with van der Waals surface area (Å²) in [6.45, 7) is 4.13. The highest BCUT2D eigenvalue weighted by Gasteiger charge is 2.40. The van der Waals surface area contributed by atoms with Crippen molar-refractivity contribution in [1.29, 1.82) is 0 Å². The first-order chi connectivity index (χ1) is 15.5. The van der Waals surface area contributed by atoms with Crippen LogP contribution >= 0.6 is 0 Å². The third kappa shape index (κ3) is 3.93. The summed E-state index contributed by atoms with van der Waals surface area (Å²) in [4.78, 5) is 35.6. The first-order valence-electron chi connectivity index (χ1n) is 10.2. The smallest absolute Gasteiger partial charge is 0.415 e. The molecular formula is C21H23FN6O4. The molecule has 2 unspecified atom stereocenters. The van der Waals surface area contributed by atoms with Gasteiger partial charge in [-0.3, -0.25) is 9.69 Å². The molecular weight excluding hydrogens is 419 g/mol. The van der Waals surface area contributed by atoms with E-state index in [0.717, 1.165) is 0 Å². The number of hydrogen-bond acceptors (Lipinski definition) is 7. The second-order valence-corrected chi connectivity index (χ2v) is 7.30. The van der Waals surface area contributed by atoms with E-state index in [2.05, 4.69) is 20.4 Å². The normalized spacial score (nSPS) is 24.7. The molecule has 11 heteroatoms. The molecule has 1 N–H and O–H groups in total. The standard InChI is InChI=1S/C21H23FN6O4/c1-3-23-20-14(5-4-7-22)13(2)16-12-32-21(30)28(16)17-6-9-27-18(26-17)15(11-25-27)19(29)24-8-10-31-20/h3-4,6-7,9,11,13,16H,5,8,10,12H2,1-2H3,(H,24,29)/b7-4+,20-14-,23-3?. The van der Waals surface area contributed by atoms with Crippen LogP contribution in [0.3, 0.4) is 0 Å². The Morgan fingerprint density at radius 2 is 2.22 bits per heavy atom. The average Bonchev–Trinajstić information content (AvgIpc) is 3.38. The van der Waals surface area contributed by atoms with Crippen molar-refractivity contribution < 1.29 is 23.5 Å². The van der Waals surface area contributed by atoms with Gasteiger partial charge >= 0.3 is 6.09 Å². The molecule has 2 amide bonds. The van der Waals surface area contributed by atoms with Gasteiger partial charge in [0.25, 0.3) is 5.91 Å². The van der Waals surface area contributed by atoms with Gasteiger partial charge in [-0.2, -0.15) is 5.10 Å². The van der Waals surface area contributed by atoms with E-state index in [0.29, 0.717) is 29.3 Å². The van der Waals surface area contributed by atoms with Crippen LogP contribution in [0.5, 0.6) is 0 Å². The highest BCUT2D eigenvalue weighted by molar-refractivity contribution is 6.00. The number of allylic oxidation sites excluding steroid dienone is 1. The summed E-state index contributed by atoms with van der Waals surface area (Å²) in [5, 5.41) is 6.93. The minimum atomic E-state index is -0.557. The number of hydrogen-bond donors (Lipinski definition) is 1. The number of nitrogens with zero attached hydrogens (tertiary/aromatic N) is 5. The molecule has 2 atom stereocenters. The minimum Gasteiger partial charge on any atom is -0.476 e. The van der Waals surface area contributed by atoms with Gasteiger partial charge in [-0.15, -0.1) is 0 Å². The molecule has 4 rings (SSSR count). The number of ether oxygens (including phenoxy) is 2. The number of rotatable bonds is 3. The second-order valence-electron chi connectivity index (χ2n) is 7.30. The molecule has 2 aliphatic heterocycles. The first-order valence-corrected chi connectivity index (χ1v) is 10.2. The van der Waals surface area contributed by atoms with Crippen LogP contribution in [-0.2, 0) is 9.47 Å². The molecule has 0 aliphatic carbocycles. The van der Waals surface area contributed by atoms with Crippen molar-refractivity contribution in [2.24, 2.45) is 10.9 Å². The zero-order valence-corrected chi connectivity index (χ0v) is 17.7. The van der Waals surface area contributed by atoms with E-state index < -0.39 is 12.1 Å². The van der Waals surface area contributed by atoms with E-state index in [1.807, 2.05) is 6.92 Å². The third-order valence-corrected chi connectivity index (χ3v) is 5.45. The van der Waals surface area contributed by atoms with Crippen LogP contribution in [0.25, 0.3) is 5.65 Å². The number of fused-ring (bicyclic) bond motifs is 3. The van der Waals surface area contributed by atoms with Gasteiger partial charge in [-0.05, 0) is 19.4 Å². The summed E-state index contributed by atoms with van der Waals surface area (Å²) in [5.41, 5.74) is 1.29. The summed E-state index contributed by atoms with van der Waals surface area (Å²) >= 11 is 0. The Morgan fingerprint density at radius 3 is 3.00 bits per heavy atom. The Kier molecular flexibility index (Phi) is 6.15. The molecule has 168 valence electrons. The molecule has 0 aromatic carbocycles. The van der Waals surface area contributed by atoms with Crippen molar-refractivity contribution in [3.05, 3.63) is 47.9 Å². The van der Waals surface area contributed by atoms with E-state index in [1.54, 1.807) is 25.4 Å². The SMILES string of the molecule is CC=N/C1=C(\C/C=C/F)C(C)C2COC(=O)N2c2ccn3ncc(c3n2)C(=O)NCCO1. The van der Waals surface area contributed by atoms with Crippen LogP contribution < -0.4 is 10.2 Å². The number of cyclic esters (lactones) is 1. The van der Waals surface area contributed by atoms with Crippen LogP contribution in [-0.4, -0.2) is 58.6 Å². The lowest BCUT2D eigenvalue weighted by Crippen LogP contribution is -2.40. The average molecular weight is 442 g/mol. The highest BCUT2D eigenvalue weighted by Crippen LogP contribution is 2.33. The molecule has 0 saturated carbocycles. The van der Waals surface area contributed by atoms with Crippen LogP contribution in [0, 0.1) is 5.92 Å².